The lowest BCUT2D eigenvalue weighted by atomic mass is 9.83. The highest BCUT2D eigenvalue weighted by Gasteiger charge is 2.41. The Hall–Kier alpha value is -2.45. The fourth-order valence-electron chi connectivity index (χ4n) is 5.12. The molecule has 0 aromatic heterocycles. The molecule has 4 atom stereocenters. The summed E-state index contributed by atoms with van der Waals surface area (Å²) in [5.74, 6) is -2.41. The first-order chi connectivity index (χ1) is 15.3. The zero-order chi connectivity index (χ0) is 23.7. The Morgan fingerprint density at radius 1 is 1.09 bits per heavy atom. The molecular formula is C23H38N4O5. The smallest absolute Gasteiger partial charge is 0.287 e. The molecule has 2 rings (SSSR count). The van der Waals surface area contributed by atoms with E-state index >= 15 is 0 Å². The van der Waals surface area contributed by atoms with Crippen LogP contribution < -0.4 is 16.4 Å². The summed E-state index contributed by atoms with van der Waals surface area (Å²) in [4.78, 5) is 63.0. The first kappa shape index (κ1) is 25.8. The Morgan fingerprint density at radius 3 is 2.38 bits per heavy atom. The number of primary amides is 1. The molecule has 9 heteroatoms. The van der Waals surface area contributed by atoms with Crippen LogP contribution in [0.1, 0.15) is 78.1 Å². The normalized spacial score (nSPS) is 21.9. The van der Waals surface area contributed by atoms with Gasteiger partial charge in [-0.25, -0.2) is 0 Å². The second-order valence-electron chi connectivity index (χ2n) is 9.27. The Labute approximate surface area is 190 Å². The average Bonchev–Trinajstić information content (AvgIpc) is 3.27. The number of likely N-dealkylation sites (tertiary alicyclic amines) is 1. The van der Waals surface area contributed by atoms with Crippen LogP contribution in [0.4, 0.5) is 0 Å². The molecule has 32 heavy (non-hydrogen) atoms. The van der Waals surface area contributed by atoms with Crippen LogP contribution in [-0.2, 0) is 24.0 Å². The van der Waals surface area contributed by atoms with Gasteiger partial charge < -0.3 is 21.3 Å². The van der Waals surface area contributed by atoms with Crippen LogP contribution in [0.25, 0.3) is 0 Å². The van der Waals surface area contributed by atoms with Gasteiger partial charge in [-0.1, -0.05) is 46.0 Å². The predicted octanol–water partition coefficient (Wildman–Crippen LogP) is 1.04. The van der Waals surface area contributed by atoms with Crippen molar-refractivity contribution in [1.82, 2.24) is 15.5 Å². The van der Waals surface area contributed by atoms with Crippen molar-refractivity contribution in [2.75, 3.05) is 6.54 Å². The van der Waals surface area contributed by atoms with E-state index in [1.54, 1.807) is 0 Å². The molecule has 1 aliphatic heterocycles. The van der Waals surface area contributed by atoms with Crippen molar-refractivity contribution in [3.63, 3.8) is 0 Å². The molecule has 0 aromatic carbocycles. The lowest BCUT2D eigenvalue weighted by Gasteiger charge is -2.34. The number of amides is 4. The molecule has 2 aliphatic rings. The van der Waals surface area contributed by atoms with Crippen LogP contribution in [-0.4, -0.2) is 59.5 Å². The first-order valence-electron chi connectivity index (χ1n) is 11.9. The molecule has 4 unspecified atom stereocenters. The number of nitrogens with two attached hydrogens (primary N) is 1. The molecule has 4 amide bonds. The summed E-state index contributed by atoms with van der Waals surface area (Å²) in [6.07, 6.45) is 8.67. The van der Waals surface area contributed by atoms with E-state index in [4.69, 9.17) is 5.73 Å². The van der Waals surface area contributed by atoms with Gasteiger partial charge in [0.1, 0.15) is 12.1 Å². The van der Waals surface area contributed by atoms with E-state index in [2.05, 4.69) is 10.6 Å². The second kappa shape index (κ2) is 12.6. The molecule has 1 aliphatic carbocycles. The predicted molar refractivity (Wildman–Crippen MR) is 119 cm³/mol. The van der Waals surface area contributed by atoms with Gasteiger partial charge in [0.2, 0.25) is 24.0 Å². The van der Waals surface area contributed by atoms with Gasteiger partial charge in [-0.3, -0.25) is 24.0 Å². The lowest BCUT2D eigenvalue weighted by molar-refractivity contribution is -0.143. The van der Waals surface area contributed by atoms with Gasteiger partial charge in [0.05, 0.1) is 6.04 Å². The average molecular weight is 451 g/mol. The molecule has 1 saturated carbocycles. The molecule has 2 fully saturated rings. The molecule has 9 nitrogen and oxygen atoms in total. The van der Waals surface area contributed by atoms with Crippen molar-refractivity contribution in [2.45, 2.75) is 96.2 Å². The maximum absolute atomic E-state index is 13.3. The third-order valence-electron chi connectivity index (χ3n) is 6.77. The third-order valence-corrected chi connectivity index (χ3v) is 6.77. The number of nitrogens with one attached hydrogen (secondary N) is 2. The molecular weight excluding hydrogens is 412 g/mol. The first-order valence-corrected chi connectivity index (χ1v) is 11.9. The van der Waals surface area contributed by atoms with Crippen molar-refractivity contribution < 1.29 is 24.0 Å². The summed E-state index contributed by atoms with van der Waals surface area (Å²) < 4.78 is 0. The summed E-state index contributed by atoms with van der Waals surface area (Å²) in [7, 11) is 0. The monoisotopic (exact) mass is 450 g/mol. The number of Topliss-reactive ketones (excluding diaryl/α,β-unsaturated/α-hetero) is 1. The maximum atomic E-state index is 13.3. The van der Waals surface area contributed by atoms with Gasteiger partial charge in [0.15, 0.2) is 0 Å². The van der Waals surface area contributed by atoms with Crippen molar-refractivity contribution in [3.8, 4) is 0 Å². The largest absolute Gasteiger partial charge is 0.363 e. The second-order valence-corrected chi connectivity index (χ2v) is 9.27. The van der Waals surface area contributed by atoms with Gasteiger partial charge in [0, 0.05) is 6.54 Å². The molecule has 0 spiro atoms. The molecule has 0 radical (unpaired) electrons. The summed E-state index contributed by atoms with van der Waals surface area (Å²) in [6, 6.07) is -2.37. The lowest BCUT2D eigenvalue weighted by Crippen LogP contribution is -2.57. The maximum Gasteiger partial charge on any atom is 0.287 e. The fourth-order valence-corrected chi connectivity index (χ4v) is 5.12. The summed E-state index contributed by atoms with van der Waals surface area (Å²) in [5.41, 5.74) is 5.20. The van der Waals surface area contributed by atoms with Crippen LogP contribution in [0.3, 0.4) is 0 Å². The van der Waals surface area contributed by atoms with Crippen molar-refractivity contribution in [1.29, 1.82) is 0 Å². The van der Waals surface area contributed by atoms with E-state index in [0.29, 0.717) is 32.2 Å². The van der Waals surface area contributed by atoms with Crippen LogP contribution in [0.15, 0.2) is 0 Å². The van der Waals surface area contributed by atoms with Crippen molar-refractivity contribution in [2.24, 2.45) is 17.6 Å². The Morgan fingerprint density at radius 2 is 1.78 bits per heavy atom. The highest BCUT2D eigenvalue weighted by molar-refractivity contribution is 6.37. The van der Waals surface area contributed by atoms with Crippen LogP contribution in [0, 0.1) is 11.8 Å². The number of hydrogen-bond donors (Lipinski definition) is 3. The number of carbonyl (C=O) groups excluding carboxylic acids is 5. The number of nitrogens with zero attached hydrogens (tertiary/aromatic N) is 1. The van der Waals surface area contributed by atoms with Gasteiger partial charge >= 0.3 is 0 Å². The summed E-state index contributed by atoms with van der Waals surface area (Å²) in [5, 5.41) is 5.38. The standard InChI is InChI=1S/C23H38N4O5/c1-3-8-15(2)13-17(20(29)21(24)30)26-22(31)18-11-7-12-27(18)23(32)19(25-14-28)16-9-5-4-6-10-16/h14-19H,3-13H2,1-2H3,(H2,24,30)(H,25,28)(H,26,31). The van der Waals surface area contributed by atoms with Crippen molar-refractivity contribution in [3.05, 3.63) is 0 Å². The van der Waals surface area contributed by atoms with Crippen molar-refractivity contribution >= 4 is 29.9 Å². The quantitative estimate of drug-likeness (QED) is 0.301. The van der Waals surface area contributed by atoms with Crippen LogP contribution in [0.5, 0.6) is 0 Å². The minimum atomic E-state index is -1.08. The molecule has 1 saturated heterocycles. The van der Waals surface area contributed by atoms with E-state index in [-0.39, 0.29) is 17.7 Å². The number of carbonyl (C=O) groups is 5. The summed E-state index contributed by atoms with van der Waals surface area (Å²) in [6.45, 7) is 4.40. The number of hydrogen-bond acceptors (Lipinski definition) is 5. The molecule has 4 N–H and O–H groups in total. The third kappa shape index (κ3) is 6.77. The fraction of sp³-hybridized carbons (Fsp3) is 0.783. The molecule has 1 heterocycles. The van der Waals surface area contributed by atoms with Gasteiger partial charge in [0.25, 0.3) is 5.91 Å². The van der Waals surface area contributed by atoms with E-state index in [9.17, 15) is 24.0 Å². The van der Waals surface area contributed by atoms with Crippen LogP contribution >= 0.6 is 0 Å². The highest BCUT2D eigenvalue weighted by atomic mass is 16.2. The minimum Gasteiger partial charge on any atom is -0.363 e. The van der Waals surface area contributed by atoms with Gasteiger partial charge in [-0.2, -0.15) is 0 Å². The van der Waals surface area contributed by atoms with E-state index in [0.717, 1.165) is 44.9 Å². The Bertz CT molecular complexity index is 692. The Balaban J connectivity index is 2.12. The number of rotatable bonds is 12. The van der Waals surface area contributed by atoms with Gasteiger partial charge in [-0.15, -0.1) is 0 Å². The molecule has 0 aromatic rings. The topological polar surface area (TPSA) is 139 Å². The summed E-state index contributed by atoms with van der Waals surface area (Å²) >= 11 is 0. The molecule has 180 valence electrons. The zero-order valence-electron chi connectivity index (χ0n) is 19.3. The zero-order valence-corrected chi connectivity index (χ0v) is 19.3. The Kier molecular flexibility index (Phi) is 10.1. The number of ketones is 1. The van der Waals surface area contributed by atoms with E-state index < -0.39 is 35.7 Å². The van der Waals surface area contributed by atoms with E-state index in [1.165, 1.54) is 4.90 Å². The van der Waals surface area contributed by atoms with Gasteiger partial charge in [-0.05, 0) is 43.9 Å². The van der Waals surface area contributed by atoms with Crippen LogP contribution in [0.2, 0.25) is 0 Å². The highest BCUT2D eigenvalue weighted by Crippen LogP contribution is 2.29. The SMILES string of the molecule is CCCC(C)CC(NC(=O)C1CCCN1C(=O)C(NC=O)C1CCCCC1)C(=O)C(N)=O. The molecule has 0 bridgehead atoms. The minimum absolute atomic E-state index is 0.0600. The van der Waals surface area contributed by atoms with E-state index in [1.807, 2.05) is 13.8 Å².